The van der Waals surface area contributed by atoms with Crippen molar-refractivity contribution in [2.75, 3.05) is 11.5 Å². The van der Waals surface area contributed by atoms with Gasteiger partial charge in [0.1, 0.15) is 11.5 Å². The minimum Gasteiger partial charge on any atom is -0.348 e. The Balaban J connectivity index is 1.60. The van der Waals surface area contributed by atoms with Crippen LogP contribution >= 0.6 is 0 Å². The van der Waals surface area contributed by atoms with Crippen LogP contribution in [-0.4, -0.2) is 46.6 Å². The lowest BCUT2D eigenvalue weighted by Gasteiger charge is -2.11. The lowest BCUT2D eigenvalue weighted by atomic mass is 10.0. The maximum absolute atomic E-state index is 13.5. The van der Waals surface area contributed by atoms with Gasteiger partial charge >= 0.3 is 0 Å². The number of hydrogen-bond acceptors (Lipinski definition) is 6. The molecule has 0 aliphatic carbocycles. The van der Waals surface area contributed by atoms with Crippen LogP contribution in [0.2, 0.25) is 0 Å². The van der Waals surface area contributed by atoms with Crippen LogP contribution in [0.1, 0.15) is 22.3 Å². The standard InChI is InChI=1S/C24H18FN5O3S/c25-18-5-7-22(27-13-18)30-21-11-17(24(31)28-19-8-9-34(32,33)14-19)4-6-20(21)23(29-30)16-3-1-2-15(10-16)12-26/h1-7,10-11,13,19H,8-9,14H2,(H,28,31)/t19-/m0/s1. The number of aromatic nitrogens is 3. The van der Waals surface area contributed by atoms with Gasteiger partial charge in [-0.05, 0) is 48.9 Å². The number of nitriles is 1. The van der Waals surface area contributed by atoms with Crippen molar-refractivity contribution in [1.29, 1.82) is 5.26 Å². The molecule has 1 aliphatic rings. The molecular formula is C24H18FN5O3S. The molecule has 0 saturated carbocycles. The van der Waals surface area contributed by atoms with Gasteiger partial charge in [0.2, 0.25) is 0 Å². The number of carbonyl (C=O) groups excluding carboxylic acids is 1. The first-order chi connectivity index (χ1) is 16.3. The number of carbonyl (C=O) groups is 1. The predicted octanol–water partition coefficient (Wildman–Crippen LogP) is 3.02. The zero-order valence-corrected chi connectivity index (χ0v) is 18.6. The highest BCUT2D eigenvalue weighted by Crippen LogP contribution is 2.31. The number of pyridine rings is 1. The number of hydrogen-bond donors (Lipinski definition) is 1. The van der Waals surface area contributed by atoms with E-state index in [1.807, 2.05) is 6.07 Å². The molecule has 8 nitrogen and oxygen atoms in total. The van der Waals surface area contributed by atoms with Gasteiger partial charge in [-0.1, -0.05) is 12.1 Å². The second-order valence-electron chi connectivity index (χ2n) is 8.09. The highest BCUT2D eigenvalue weighted by atomic mass is 32.2. The number of nitrogens with one attached hydrogen (secondary N) is 1. The Hall–Kier alpha value is -4.10. The summed E-state index contributed by atoms with van der Waals surface area (Å²) in [6.07, 6.45) is 1.46. The van der Waals surface area contributed by atoms with Crippen LogP contribution in [0.5, 0.6) is 0 Å². The first-order valence-electron chi connectivity index (χ1n) is 10.5. The van der Waals surface area contributed by atoms with E-state index in [-0.39, 0.29) is 11.5 Å². The molecule has 0 radical (unpaired) electrons. The highest BCUT2D eigenvalue weighted by Gasteiger charge is 2.29. The van der Waals surface area contributed by atoms with E-state index in [2.05, 4.69) is 21.5 Å². The van der Waals surface area contributed by atoms with Gasteiger partial charge < -0.3 is 5.32 Å². The summed E-state index contributed by atoms with van der Waals surface area (Å²) in [5, 5.41) is 17.4. The van der Waals surface area contributed by atoms with Gasteiger partial charge in [0.15, 0.2) is 15.7 Å². The average molecular weight is 476 g/mol. The third-order valence-electron chi connectivity index (χ3n) is 5.70. The molecule has 170 valence electrons. The summed E-state index contributed by atoms with van der Waals surface area (Å²) in [7, 11) is -3.13. The quantitative estimate of drug-likeness (QED) is 0.485. The Bertz CT molecular complexity index is 1570. The summed E-state index contributed by atoms with van der Waals surface area (Å²) in [5.74, 6) is -0.540. The minimum atomic E-state index is -3.13. The van der Waals surface area contributed by atoms with Gasteiger partial charge in [0, 0.05) is 22.6 Å². The third kappa shape index (κ3) is 4.13. The van der Waals surface area contributed by atoms with E-state index >= 15 is 0 Å². The summed E-state index contributed by atoms with van der Waals surface area (Å²) in [6.45, 7) is 0. The minimum absolute atomic E-state index is 0.0606. The number of benzene rings is 2. The molecule has 0 unspecified atom stereocenters. The molecule has 10 heteroatoms. The van der Waals surface area contributed by atoms with Crippen LogP contribution in [0.3, 0.4) is 0 Å². The Morgan fingerprint density at radius 1 is 1.18 bits per heavy atom. The normalized spacial score (nSPS) is 16.9. The lowest BCUT2D eigenvalue weighted by Crippen LogP contribution is -2.35. The SMILES string of the molecule is N#Cc1cccc(-c2nn(-c3ccc(F)cn3)c3cc(C(=O)N[C@H]4CCS(=O)(=O)C4)ccc23)c1. The van der Waals surface area contributed by atoms with E-state index in [9.17, 15) is 22.9 Å². The molecule has 2 aromatic carbocycles. The molecule has 5 rings (SSSR count). The summed E-state index contributed by atoms with van der Waals surface area (Å²) in [5.41, 5.74) is 2.65. The fourth-order valence-corrected chi connectivity index (χ4v) is 5.72. The van der Waals surface area contributed by atoms with Crippen molar-refractivity contribution in [1.82, 2.24) is 20.1 Å². The highest BCUT2D eigenvalue weighted by molar-refractivity contribution is 7.91. The van der Waals surface area contributed by atoms with Crippen molar-refractivity contribution in [3.63, 3.8) is 0 Å². The molecule has 1 N–H and O–H groups in total. The Kier molecular flexibility index (Phi) is 5.34. The van der Waals surface area contributed by atoms with E-state index < -0.39 is 27.6 Å². The van der Waals surface area contributed by atoms with Gasteiger partial charge in [0.05, 0.1) is 34.9 Å². The van der Waals surface area contributed by atoms with E-state index in [0.717, 1.165) is 6.20 Å². The van der Waals surface area contributed by atoms with Crippen molar-refractivity contribution in [2.45, 2.75) is 12.5 Å². The summed E-state index contributed by atoms with van der Waals surface area (Å²) in [6, 6.07) is 16.4. The topological polar surface area (TPSA) is 118 Å². The van der Waals surface area contributed by atoms with Crippen LogP contribution < -0.4 is 5.32 Å². The predicted molar refractivity (Wildman–Crippen MR) is 123 cm³/mol. The molecule has 4 aromatic rings. The third-order valence-corrected chi connectivity index (χ3v) is 7.47. The molecule has 1 aliphatic heterocycles. The maximum atomic E-state index is 13.5. The molecule has 1 saturated heterocycles. The number of halogens is 1. The Morgan fingerprint density at radius 2 is 2.03 bits per heavy atom. The summed E-state index contributed by atoms with van der Waals surface area (Å²) in [4.78, 5) is 17.0. The van der Waals surface area contributed by atoms with E-state index in [1.54, 1.807) is 36.4 Å². The van der Waals surface area contributed by atoms with Gasteiger partial charge in [-0.3, -0.25) is 4.79 Å². The monoisotopic (exact) mass is 475 g/mol. The smallest absolute Gasteiger partial charge is 0.251 e. The van der Waals surface area contributed by atoms with Crippen molar-refractivity contribution in [3.8, 4) is 23.1 Å². The Labute approximate surface area is 194 Å². The zero-order chi connectivity index (χ0) is 23.9. The average Bonchev–Trinajstić information content (AvgIpc) is 3.38. The van der Waals surface area contributed by atoms with Crippen molar-refractivity contribution in [2.24, 2.45) is 0 Å². The maximum Gasteiger partial charge on any atom is 0.251 e. The summed E-state index contributed by atoms with van der Waals surface area (Å²) >= 11 is 0. The fraction of sp³-hybridized carbons (Fsp3) is 0.167. The van der Waals surface area contributed by atoms with Gasteiger partial charge in [-0.25, -0.2) is 22.5 Å². The largest absolute Gasteiger partial charge is 0.348 e. The second kappa shape index (κ2) is 8.35. The first kappa shape index (κ1) is 21.7. The van der Waals surface area contributed by atoms with Crippen LogP contribution in [0.15, 0.2) is 60.8 Å². The molecular weight excluding hydrogens is 457 g/mol. The number of rotatable bonds is 4. The Morgan fingerprint density at radius 3 is 2.74 bits per heavy atom. The van der Waals surface area contributed by atoms with E-state index in [1.165, 1.54) is 16.8 Å². The van der Waals surface area contributed by atoms with Gasteiger partial charge in [-0.15, -0.1) is 0 Å². The number of amides is 1. The van der Waals surface area contributed by atoms with E-state index in [0.29, 0.717) is 45.5 Å². The lowest BCUT2D eigenvalue weighted by molar-refractivity contribution is 0.0941. The van der Waals surface area contributed by atoms with Gasteiger partial charge in [0.25, 0.3) is 5.91 Å². The van der Waals surface area contributed by atoms with Crippen LogP contribution in [0, 0.1) is 17.1 Å². The van der Waals surface area contributed by atoms with Gasteiger partial charge in [-0.2, -0.15) is 10.4 Å². The molecule has 3 heterocycles. The van der Waals surface area contributed by atoms with Crippen LogP contribution in [-0.2, 0) is 9.84 Å². The van der Waals surface area contributed by atoms with Crippen molar-refractivity contribution in [3.05, 3.63) is 77.7 Å². The number of nitrogens with zero attached hydrogens (tertiary/aromatic N) is 4. The van der Waals surface area contributed by atoms with E-state index in [4.69, 9.17) is 0 Å². The first-order valence-corrected chi connectivity index (χ1v) is 12.3. The number of sulfone groups is 1. The van der Waals surface area contributed by atoms with Crippen molar-refractivity contribution < 1.29 is 17.6 Å². The fourth-order valence-electron chi connectivity index (χ4n) is 4.05. The molecule has 1 amide bonds. The molecule has 1 atom stereocenters. The van der Waals surface area contributed by atoms with Crippen LogP contribution in [0.25, 0.3) is 28.0 Å². The molecule has 34 heavy (non-hydrogen) atoms. The number of fused-ring (bicyclic) bond motifs is 1. The zero-order valence-electron chi connectivity index (χ0n) is 17.8. The summed E-state index contributed by atoms with van der Waals surface area (Å²) < 4.78 is 38.4. The molecule has 0 bridgehead atoms. The molecule has 1 fully saturated rings. The molecule has 2 aromatic heterocycles. The second-order valence-corrected chi connectivity index (χ2v) is 10.3. The van der Waals surface area contributed by atoms with Crippen molar-refractivity contribution >= 4 is 26.6 Å². The molecule has 0 spiro atoms. The van der Waals surface area contributed by atoms with Crippen LogP contribution in [0.4, 0.5) is 4.39 Å².